The Balaban J connectivity index is 1.65. The molecule has 198 valence electrons. The van der Waals surface area contributed by atoms with Gasteiger partial charge in [-0.3, -0.25) is 4.79 Å². The van der Waals surface area contributed by atoms with Crippen LogP contribution in [-0.4, -0.2) is 32.8 Å². The molecule has 0 spiro atoms. The van der Waals surface area contributed by atoms with Crippen LogP contribution >= 0.6 is 0 Å². The first-order valence-corrected chi connectivity index (χ1v) is 12.6. The topological polar surface area (TPSA) is 77.0 Å². The van der Waals surface area contributed by atoms with E-state index < -0.39 is 17.3 Å². The molecule has 7 nitrogen and oxygen atoms in total. The zero-order valence-electron chi connectivity index (χ0n) is 21.3. The second-order valence-corrected chi connectivity index (χ2v) is 9.76. The predicted molar refractivity (Wildman–Crippen MR) is 142 cm³/mol. The largest absolute Gasteiger partial charge is 0.444 e. The fourth-order valence-corrected chi connectivity index (χ4v) is 5.11. The first-order chi connectivity index (χ1) is 18.7. The summed E-state index contributed by atoms with van der Waals surface area (Å²) in [5.74, 6) is 0.532. The van der Waals surface area contributed by atoms with E-state index >= 15 is 0 Å². The second-order valence-electron chi connectivity index (χ2n) is 9.76. The molecule has 0 bridgehead atoms. The Morgan fingerprint density at radius 3 is 2.44 bits per heavy atom. The molecular formula is C29H24F3N5O2. The molecule has 2 aromatic carbocycles. The highest BCUT2D eigenvalue weighted by molar-refractivity contribution is 5.92. The molecule has 39 heavy (non-hydrogen) atoms. The second kappa shape index (κ2) is 9.37. The summed E-state index contributed by atoms with van der Waals surface area (Å²) in [6, 6.07) is 13.0. The van der Waals surface area contributed by atoms with Crippen LogP contribution in [-0.2, 0) is 6.18 Å². The molecule has 1 aliphatic heterocycles. The summed E-state index contributed by atoms with van der Waals surface area (Å²) in [7, 11) is 0. The molecule has 0 unspecified atom stereocenters. The first kappa shape index (κ1) is 24.8. The Bertz CT molecular complexity index is 1750. The number of nitrogens with zero attached hydrogens (tertiary/aromatic N) is 5. The van der Waals surface area contributed by atoms with Crippen LogP contribution in [0.1, 0.15) is 29.7 Å². The van der Waals surface area contributed by atoms with E-state index in [1.807, 2.05) is 30.0 Å². The van der Waals surface area contributed by atoms with Gasteiger partial charge in [0.15, 0.2) is 12.2 Å². The van der Waals surface area contributed by atoms with Gasteiger partial charge in [-0.15, -0.1) is 0 Å². The van der Waals surface area contributed by atoms with Gasteiger partial charge in [-0.1, -0.05) is 0 Å². The van der Waals surface area contributed by atoms with Gasteiger partial charge in [-0.2, -0.15) is 23.0 Å². The molecule has 1 saturated heterocycles. The van der Waals surface area contributed by atoms with Crippen molar-refractivity contribution in [2.45, 2.75) is 32.9 Å². The van der Waals surface area contributed by atoms with E-state index in [-0.39, 0.29) is 11.2 Å². The van der Waals surface area contributed by atoms with E-state index in [9.17, 15) is 18.0 Å². The third-order valence-electron chi connectivity index (χ3n) is 6.94. The van der Waals surface area contributed by atoms with Crippen molar-refractivity contribution in [3.8, 4) is 28.3 Å². The van der Waals surface area contributed by atoms with Crippen LogP contribution in [0.3, 0.4) is 0 Å². The van der Waals surface area contributed by atoms with Gasteiger partial charge in [0.1, 0.15) is 11.2 Å². The lowest BCUT2D eigenvalue weighted by Crippen LogP contribution is -2.27. The molecule has 4 heterocycles. The zero-order chi connectivity index (χ0) is 27.3. The smallest absolute Gasteiger partial charge is 0.418 e. The summed E-state index contributed by atoms with van der Waals surface area (Å²) in [4.78, 5) is 24.2. The molecule has 3 aromatic heterocycles. The molecular weight excluding hydrogens is 507 g/mol. The number of aryl methyl sites for hydroxylation is 2. The molecule has 0 N–H and O–H groups in total. The van der Waals surface area contributed by atoms with Crippen LogP contribution in [0.5, 0.6) is 0 Å². The lowest BCUT2D eigenvalue weighted by Gasteiger charge is -2.22. The highest BCUT2D eigenvalue weighted by Gasteiger charge is 2.35. The molecule has 6 rings (SSSR count). The Labute approximate surface area is 221 Å². The number of fused-ring (bicyclic) bond motifs is 1. The van der Waals surface area contributed by atoms with Gasteiger partial charge in [-0.25, -0.2) is 9.97 Å². The number of oxazole rings is 1. The van der Waals surface area contributed by atoms with Gasteiger partial charge in [-0.05, 0) is 80.8 Å². The van der Waals surface area contributed by atoms with E-state index in [1.165, 1.54) is 18.5 Å². The van der Waals surface area contributed by atoms with Crippen molar-refractivity contribution in [3.63, 3.8) is 0 Å². The van der Waals surface area contributed by atoms with Crippen molar-refractivity contribution in [1.29, 1.82) is 0 Å². The van der Waals surface area contributed by atoms with Gasteiger partial charge in [0.2, 0.25) is 0 Å². The third-order valence-corrected chi connectivity index (χ3v) is 6.94. The number of benzene rings is 2. The molecule has 1 aliphatic rings. The van der Waals surface area contributed by atoms with Crippen molar-refractivity contribution in [2.24, 2.45) is 0 Å². The van der Waals surface area contributed by atoms with E-state index in [2.05, 4.69) is 15.1 Å². The Morgan fingerprint density at radius 2 is 1.72 bits per heavy atom. The highest BCUT2D eigenvalue weighted by atomic mass is 19.4. The van der Waals surface area contributed by atoms with Crippen LogP contribution in [0.15, 0.2) is 70.3 Å². The van der Waals surface area contributed by atoms with Crippen molar-refractivity contribution < 1.29 is 17.6 Å². The van der Waals surface area contributed by atoms with Gasteiger partial charge in [0, 0.05) is 41.0 Å². The predicted octanol–water partition coefficient (Wildman–Crippen LogP) is 6.34. The molecule has 5 aromatic rings. The van der Waals surface area contributed by atoms with E-state index in [0.29, 0.717) is 33.8 Å². The lowest BCUT2D eigenvalue weighted by molar-refractivity contribution is -0.137. The number of alkyl halides is 3. The van der Waals surface area contributed by atoms with Crippen LogP contribution in [0.4, 0.5) is 18.9 Å². The number of rotatable bonds is 4. The summed E-state index contributed by atoms with van der Waals surface area (Å²) in [6.07, 6.45) is 0.120. The van der Waals surface area contributed by atoms with Crippen molar-refractivity contribution >= 4 is 16.6 Å². The highest BCUT2D eigenvalue weighted by Crippen LogP contribution is 2.37. The number of aromatic nitrogens is 4. The quantitative estimate of drug-likeness (QED) is 0.269. The van der Waals surface area contributed by atoms with Gasteiger partial charge < -0.3 is 9.32 Å². The molecule has 1 fully saturated rings. The summed E-state index contributed by atoms with van der Waals surface area (Å²) >= 11 is 0. The minimum Gasteiger partial charge on any atom is -0.444 e. The maximum absolute atomic E-state index is 14.3. The van der Waals surface area contributed by atoms with Crippen LogP contribution in [0.2, 0.25) is 0 Å². The maximum atomic E-state index is 14.3. The average molecular weight is 532 g/mol. The normalized spacial score (nSPS) is 13.9. The fraction of sp³-hybridized carbons (Fsp3) is 0.241. The SMILES string of the molecule is Cc1cc(-c2cnco2)cc(-c2nn(-c3cc(N4CCCC4)ccc3C(F)(F)F)c(=O)c3nc(C)ccc23)c1. The van der Waals surface area contributed by atoms with Crippen molar-refractivity contribution in [1.82, 2.24) is 19.7 Å². The number of pyridine rings is 1. The van der Waals surface area contributed by atoms with E-state index in [4.69, 9.17) is 4.42 Å². The third kappa shape index (κ3) is 4.56. The number of anilines is 1. The fourth-order valence-electron chi connectivity index (χ4n) is 5.11. The zero-order valence-corrected chi connectivity index (χ0v) is 21.3. The Morgan fingerprint density at radius 1 is 0.949 bits per heavy atom. The monoisotopic (exact) mass is 531 g/mol. The average Bonchev–Trinajstić information content (AvgIpc) is 3.63. The standard InChI is InChI=1S/C29H24F3N5O2/c1-17-11-19(25-15-33-16-39-25)13-20(12-17)26-22-7-5-18(2)34-27(22)28(38)37(35-26)24-14-21(36-9-3-4-10-36)6-8-23(24)29(30,31)32/h5-8,11-16H,3-4,9-10H2,1-2H3. The van der Waals surface area contributed by atoms with Crippen molar-refractivity contribution in [3.05, 3.63) is 88.3 Å². The van der Waals surface area contributed by atoms with Gasteiger partial charge in [0.25, 0.3) is 5.56 Å². The summed E-state index contributed by atoms with van der Waals surface area (Å²) < 4.78 is 49.1. The van der Waals surface area contributed by atoms with E-state index in [1.54, 1.807) is 25.3 Å². The molecule has 0 saturated carbocycles. The summed E-state index contributed by atoms with van der Waals surface area (Å²) in [5, 5.41) is 5.02. The van der Waals surface area contributed by atoms with E-state index in [0.717, 1.165) is 47.8 Å². The summed E-state index contributed by atoms with van der Waals surface area (Å²) in [5.41, 5.74) is 1.78. The Kier molecular flexibility index (Phi) is 5.97. The molecule has 0 atom stereocenters. The maximum Gasteiger partial charge on any atom is 0.418 e. The summed E-state index contributed by atoms with van der Waals surface area (Å²) in [6.45, 7) is 5.10. The molecule has 0 amide bonds. The van der Waals surface area contributed by atoms with Gasteiger partial charge in [0.05, 0.1) is 17.4 Å². The number of hydrogen-bond donors (Lipinski definition) is 0. The van der Waals surface area contributed by atoms with Crippen LogP contribution in [0.25, 0.3) is 39.2 Å². The van der Waals surface area contributed by atoms with Crippen LogP contribution < -0.4 is 10.5 Å². The van der Waals surface area contributed by atoms with Crippen molar-refractivity contribution in [2.75, 3.05) is 18.0 Å². The lowest BCUT2D eigenvalue weighted by atomic mass is 10.0. The number of hydrogen-bond acceptors (Lipinski definition) is 6. The van der Waals surface area contributed by atoms with Crippen LogP contribution in [0, 0.1) is 13.8 Å². The molecule has 10 heteroatoms. The Hall–Kier alpha value is -4.47. The minimum absolute atomic E-state index is 0.0439. The minimum atomic E-state index is -4.70. The number of halogens is 3. The molecule has 0 radical (unpaired) electrons. The first-order valence-electron chi connectivity index (χ1n) is 12.6. The molecule has 0 aliphatic carbocycles. The van der Waals surface area contributed by atoms with Gasteiger partial charge >= 0.3 is 6.18 Å².